The van der Waals surface area contributed by atoms with Gasteiger partial charge in [0.15, 0.2) is 0 Å². The van der Waals surface area contributed by atoms with Crippen molar-refractivity contribution in [3.05, 3.63) is 36.3 Å². The van der Waals surface area contributed by atoms with Gasteiger partial charge in [0.2, 0.25) is 0 Å². The van der Waals surface area contributed by atoms with E-state index in [1.54, 1.807) is 27.7 Å². The van der Waals surface area contributed by atoms with Crippen molar-refractivity contribution in [1.29, 1.82) is 0 Å². The maximum Gasteiger partial charge on any atom is 0.0717 e. The minimum atomic E-state index is -0.174. The summed E-state index contributed by atoms with van der Waals surface area (Å²) < 4.78 is 41.9. The zero-order chi connectivity index (χ0) is 19.7. The van der Waals surface area contributed by atoms with Gasteiger partial charge in [-0.25, -0.2) is 0 Å². The first-order valence-electron chi connectivity index (χ1n) is 8.25. The molecular weight excluding hydrogens is 216 g/mol. The van der Waals surface area contributed by atoms with Crippen molar-refractivity contribution in [3.63, 3.8) is 0 Å². The molecule has 0 amide bonds. The summed E-state index contributed by atoms with van der Waals surface area (Å²) in [5.41, 5.74) is 0. The Balaban J connectivity index is -0.000000285. The zero-order valence-corrected chi connectivity index (χ0v) is 12.0. The van der Waals surface area contributed by atoms with E-state index in [9.17, 15) is 0 Å². The van der Waals surface area contributed by atoms with Gasteiger partial charge in [-0.2, -0.15) is 0 Å². The minimum Gasteiger partial charge on any atom is -0.102 e. The van der Waals surface area contributed by atoms with Crippen molar-refractivity contribution in [2.45, 2.75) is 41.5 Å². The first-order valence-corrected chi connectivity index (χ1v) is 5.25. The molecule has 0 heterocycles. The van der Waals surface area contributed by atoms with Crippen LogP contribution in [-0.2, 0) is 0 Å². The van der Waals surface area contributed by atoms with E-state index in [1.165, 1.54) is 13.8 Å². The second-order valence-corrected chi connectivity index (χ2v) is 2.25. The average molecular weight is 246 g/mol. The van der Waals surface area contributed by atoms with E-state index in [-0.39, 0.29) is 36.3 Å². The van der Waals surface area contributed by atoms with Gasteiger partial charge in [0, 0.05) is 0 Å². The van der Waals surface area contributed by atoms with Gasteiger partial charge >= 0.3 is 0 Å². The molecule has 0 aromatic rings. The van der Waals surface area contributed by atoms with Crippen molar-refractivity contribution >= 4 is 0 Å². The maximum atomic E-state index is 7.09. The van der Waals surface area contributed by atoms with Crippen LogP contribution < -0.4 is 0 Å². The van der Waals surface area contributed by atoms with Gasteiger partial charge in [-0.1, -0.05) is 48.0 Å². The van der Waals surface area contributed by atoms with Gasteiger partial charge in [-0.15, -0.1) is 5.92 Å². The molecule has 0 atom stereocenters. The molecule has 0 heteroatoms. The Morgan fingerprint density at radius 1 is 0.722 bits per heavy atom. The summed E-state index contributed by atoms with van der Waals surface area (Å²) in [5, 5.41) is 0. The van der Waals surface area contributed by atoms with E-state index in [2.05, 4.69) is 35.5 Å². The van der Waals surface area contributed by atoms with Crippen LogP contribution in [-0.4, -0.2) is 0 Å². The van der Waals surface area contributed by atoms with E-state index in [0.717, 1.165) is 0 Å². The van der Waals surface area contributed by atoms with Crippen molar-refractivity contribution in [2.24, 2.45) is 0 Å². The third-order valence-electron chi connectivity index (χ3n) is 0.938. The lowest BCUT2D eigenvalue weighted by Gasteiger charge is -1.62. The molecule has 18 heavy (non-hydrogen) atoms. The largest absolute Gasteiger partial charge is 0.102 e. The molecule has 0 bridgehead atoms. The van der Waals surface area contributed by atoms with Crippen molar-refractivity contribution in [3.8, 4) is 35.5 Å². The fraction of sp³-hybridized carbons (Fsp3) is 0.333. The van der Waals surface area contributed by atoms with Gasteiger partial charge in [-0.3, -0.25) is 0 Å². The predicted molar refractivity (Wildman–Crippen MR) is 84.8 cm³/mol. The Kier molecular flexibility index (Phi) is 16.1. The second kappa shape index (κ2) is 29.4. The van der Waals surface area contributed by atoms with Crippen LogP contribution in [0.2, 0.25) is 0 Å². The Bertz CT molecular complexity index is 610. The third-order valence-corrected chi connectivity index (χ3v) is 0.938. The molecule has 0 aliphatic heterocycles. The second-order valence-electron chi connectivity index (χ2n) is 2.25. The molecule has 0 fully saturated rings. The first-order chi connectivity index (χ1) is 11.1. The molecule has 0 N–H and O–H groups in total. The van der Waals surface area contributed by atoms with Crippen LogP contribution >= 0.6 is 0 Å². The highest BCUT2D eigenvalue weighted by molar-refractivity contribution is 5.23. The SMILES string of the molecule is CC#CC#CC.[2H]/C(C)=C(/[2H])C#CC.[2H]/C(C)=C([2H])\C([2H])=C(/[2H])C. The summed E-state index contributed by atoms with van der Waals surface area (Å²) in [6, 6.07) is 0.0278. The van der Waals surface area contributed by atoms with Gasteiger partial charge in [0.25, 0.3) is 0 Å². The molecule has 0 aromatic heterocycles. The van der Waals surface area contributed by atoms with E-state index in [0.29, 0.717) is 0 Å². The van der Waals surface area contributed by atoms with Crippen molar-refractivity contribution < 1.29 is 8.22 Å². The van der Waals surface area contributed by atoms with E-state index >= 15 is 0 Å². The Morgan fingerprint density at radius 3 is 1.33 bits per heavy atom. The summed E-state index contributed by atoms with van der Waals surface area (Å²) in [4.78, 5) is 0. The Morgan fingerprint density at radius 2 is 1.17 bits per heavy atom. The van der Waals surface area contributed by atoms with E-state index in [4.69, 9.17) is 8.22 Å². The van der Waals surface area contributed by atoms with Gasteiger partial charge in [-0.05, 0) is 59.4 Å². The Hall–Kier alpha value is -2.10. The van der Waals surface area contributed by atoms with Crippen LogP contribution in [0.15, 0.2) is 36.3 Å². The molecule has 0 radical (unpaired) electrons. The predicted octanol–water partition coefficient (Wildman–Crippen LogP) is 4.76. The fourth-order valence-electron chi connectivity index (χ4n) is 0.375. The number of hydrogen-bond donors (Lipinski definition) is 0. The molecular formula is C18H24. The lowest BCUT2D eigenvalue weighted by Crippen LogP contribution is -1.42. The molecule has 0 nitrogen and oxygen atoms in total. The fourth-order valence-corrected chi connectivity index (χ4v) is 0.375. The first kappa shape index (κ1) is 9.88. The summed E-state index contributed by atoms with van der Waals surface area (Å²) in [7, 11) is 0. The lowest BCUT2D eigenvalue weighted by atomic mass is 10.5. The molecule has 96 valence electrons. The monoisotopic (exact) mass is 246 g/mol. The molecule has 0 aliphatic rings. The number of allylic oxidation sites excluding steroid dienone is 6. The quantitative estimate of drug-likeness (QED) is 0.462. The highest BCUT2D eigenvalue weighted by atomic mass is 13.6. The molecule has 0 saturated carbocycles. The van der Waals surface area contributed by atoms with Crippen molar-refractivity contribution in [2.75, 3.05) is 0 Å². The van der Waals surface area contributed by atoms with Crippen molar-refractivity contribution in [1.82, 2.24) is 0 Å². The zero-order valence-electron chi connectivity index (χ0n) is 18.0. The summed E-state index contributed by atoms with van der Waals surface area (Å²) in [6.07, 6.45) is 0. The highest BCUT2D eigenvalue weighted by Crippen LogP contribution is 1.71. The number of hydrogen-bond acceptors (Lipinski definition) is 0. The van der Waals surface area contributed by atoms with Crippen LogP contribution in [0.5, 0.6) is 0 Å². The summed E-state index contributed by atoms with van der Waals surface area (Å²) in [5.74, 6) is 15.5. The van der Waals surface area contributed by atoms with E-state index in [1.807, 2.05) is 0 Å². The third kappa shape index (κ3) is 48.6. The molecule has 0 saturated heterocycles. The lowest BCUT2D eigenvalue weighted by molar-refractivity contribution is 1.69. The van der Waals surface area contributed by atoms with Crippen LogP contribution in [0.25, 0.3) is 0 Å². The molecule has 0 rings (SSSR count). The standard InChI is InChI=1S/C6H10.C6H8.C6H6/c3*1-3-5-6-4-2/h3-6H,1-2H3;3,5H,1-2H3;1-2H3/b5-3+,6-4+;5-3+;/i3D,4D,5D,6D;3D,5D;. The van der Waals surface area contributed by atoms with Crippen LogP contribution in [0.1, 0.15) is 49.8 Å². The maximum absolute atomic E-state index is 7.09. The Labute approximate surface area is 122 Å². The molecule has 0 unspecified atom stereocenters. The van der Waals surface area contributed by atoms with Gasteiger partial charge in [0.05, 0.1) is 8.22 Å². The average Bonchev–Trinajstić information content (AvgIpc) is 2.52. The summed E-state index contributed by atoms with van der Waals surface area (Å²) >= 11 is 0. The normalized spacial score (nSPS) is 15.7. The van der Waals surface area contributed by atoms with Gasteiger partial charge < -0.3 is 0 Å². The minimum absolute atomic E-state index is 0.0246. The van der Waals surface area contributed by atoms with E-state index < -0.39 is 0 Å². The van der Waals surface area contributed by atoms with Crippen LogP contribution in [0.3, 0.4) is 0 Å². The molecule has 0 spiro atoms. The van der Waals surface area contributed by atoms with Gasteiger partial charge in [0.1, 0.15) is 0 Å². The smallest absolute Gasteiger partial charge is 0.0717 e. The molecule has 0 aromatic carbocycles. The van der Waals surface area contributed by atoms with Crippen LogP contribution in [0.4, 0.5) is 0 Å². The highest BCUT2D eigenvalue weighted by Gasteiger charge is 1.48. The topological polar surface area (TPSA) is 0 Å². The number of rotatable bonds is 1. The summed E-state index contributed by atoms with van der Waals surface area (Å²) in [6.45, 7) is 9.60. The molecule has 0 aliphatic carbocycles. The van der Waals surface area contributed by atoms with Crippen LogP contribution in [0, 0.1) is 35.5 Å².